The summed E-state index contributed by atoms with van der Waals surface area (Å²) in [6.07, 6.45) is 3.82. The van der Waals surface area contributed by atoms with Gasteiger partial charge in [0.1, 0.15) is 5.52 Å². The minimum Gasteiger partial charge on any atom is -0.343 e. The highest BCUT2D eigenvalue weighted by molar-refractivity contribution is 7.99. The van der Waals surface area contributed by atoms with Gasteiger partial charge in [-0.15, -0.1) is 10.2 Å². The molecule has 224 valence electrons. The zero-order valence-corrected chi connectivity index (χ0v) is 25.6. The third-order valence-electron chi connectivity index (χ3n) is 8.60. The number of nitrogens with zero attached hydrogens (tertiary/aromatic N) is 6. The van der Waals surface area contributed by atoms with Crippen molar-refractivity contribution in [2.45, 2.75) is 56.8 Å². The molecule has 1 aliphatic rings. The van der Waals surface area contributed by atoms with Gasteiger partial charge in [-0.2, -0.15) is 0 Å². The molecule has 6 aromatic rings. The number of carbonyl (C=O) groups is 1. The lowest BCUT2D eigenvalue weighted by Gasteiger charge is -2.32. The molecular weight excluding hydrogens is 570 g/mol. The number of H-pyrrole nitrogens is 1. The van der Waals surface area contributed by atoms with Gasteiger partial charge in [0.05, 0.1) is 16.6 Å². The normalized spacial score (nSPS) is 14.2. The van der Waals surface area contributed by atoms with Gasteiger partial charge in [-0.05, 0) is 56.4 Å². The summed E-state index contributed by atoms with van der Waals surface area (Å²) in [6, 6.07) is 24.7. The fourth-order valence-electron chi connectivity index (χ4n) is 6.41. The topological polar surface area (TPSA) is 102 Å². The van der Waals surface area contributed by atoms with Crippen LogP contribution >= 0.6 is 11.8 Å². The SMILES string of the molecule is Cc1cccc(Cn2c3ccccc3c3nnc(SCCCCC(=O)N4CCC(n5c(=O)[nH]c6ccccc65)CC4)nc32)c1. The highest BCUT2D eigenvalue weighted by Gasteiger charge is 2.25. The van der Waals surface area contributed by atoms with Crippen LogP contribution in [-0.4, -0.2) is 58.9 Å². The van der Waals surface area contributed by atoms with E-state index in [4.69, 9.17) is 4.98 Å². The quantitative estimate of drug-likeness (QED) is 0.158. The monoisotopic (exact) mass is 605 g/mol. The van der Waals surface area contributed by atoms with Gasteiger partial charge in [0, 0.05) is 43.2 Å². The number of hydrogen-bond donors (Lipinski definition) is 1. The lowest BCUT2D eigenvalue weighted by Crippen LogP contribution is -2.40. The summed E-state index contributed by atoms with van der Waals surface area (Å²) in [6.45, 7) is 4.19. The van der Waals surface area contributed by atoms with Crippen LogP contribution in [0.3, 0.4) is 0 Å². The van der Waals surface area contributed by atoms with E-state index in [-0.39, 0.29) is 17.6 Å². The summed E-state index contributed by atoms with van der Waals surface area (Å²) in [5.74, 6) is 1.02. The third kappa shape index (κ3) is 5.61. The molecule has 3 aromatic heterocycles. The molecule has 1 saturated heterocycles. The van der Waals surface area contributed by atoms with E-state index >= 15 is 0 Å². The predicted octanol–water partition coefficient (Wildman–Crippen LogP) is 6.11. The Labute approximate surface area is 259 Å². The summed E-state index contributed by atoms with van der Waals surface area (Å²) in [4.78, 5) is 35.4. The van der Waals surface area contributed by atoms with E-state index in [1.165, 1.54) is 11.1 Å². The molecule has 1 aliphatic heterocycles. The molecule has 9 nitrogen and oxygen atoms in total. The third-order valence-corrected chi connectivity index (χ3v) is 9.52. The van der Waals surface area contributed by atoms with Gasteiger partial charge < -0.3 is 14.5 Å². The Morgan fingerprint density at radius 2 is 1.75 bits per heavy atom. The van der Waals surface area contributed by atoms with E-state index in [9.17, 15) is 9.59 Å². The number of fused-ring (bicyclic) bond motifs is 4. The molecule has 1 amide bonds. The number of thioether (sulfide) groups is 1. The molecule has 1 N–H and O–H groups in total. The van der Waals surface area contributed by atoms with Crippen LogP contribution in [0.5, 0.6) is 0 Å². The first-order valence-corrected chi connectivity index (χ1v) is 16.3. The smallest absolute Gasteiger partial charge is 0.326 e. The van der Waals surface area contributed by atoms with Crippen molar-refractivity contribution in [2.75, 3.05) is 18.8 Å². The van der Waals surface area contributed by atoms with Crippen molar-refractivity contribution in [3.05, 3.63) is 94.4 Å². The standard InChI is InChI=1S/C34H35N7O2S/c1-23-9-8-10-24(21-23)22-40-28-13-4-2-11-26(28)31-32(40)36-33(38-37-31)44-20-7-6-15-30(42)39-18-16-25(17-19-39)41-29-14-5-3-12-27(29)35-34(41)43/h2-5,8-14,21,25H,6-7,15-20,22H2,1H3,(H,35,43). The van der Waals surface area contributed by atoms with E-state index < -0.39 is 0 Å². The number of hydrogen-bond acceptors (Lipinski definition) is 6. The number of piperidine rings is 1. The van der Waals surface area contributed by atoms with E-state index in [1.54, 1.807) is 11.8 Å². The Morgan fingerprint density at radius 3 is 2.59 bits per heavy atom. The van der Waals surface area contributed by atoms with Crippen LogP contribution in [0, 0.1) is 6.92 Å². The number of likely N-dealkylation sites (tertiary alicyclic amines) is 1. The van der Waals surface area contributed by atoms with Gasteiger partial charge in [0.15, 0.2) is 5.65 Å². The molecule has 0 unspecified atom stereocenters. The fourth-order valence-corrected chi connectivity index (χ4v) is 7.19. The Bertz CT molecular complexity index is 2020. The van der Waals surface area contributed by atoms with Crippen molar-refractivity contribution < 1.29 is 4.79 Å². The highest BCUT2D eigenvalue weighted by atomic mass is 32.2. The molecule has 0 aliphatic carbocycles. The van der Waals surface area contributed by atoms with Crippen LogP contribution in [0.4, 0.5) is 0 Å². The molecule has 0 bridgehead atoms. The number of para-hydroxylation sites is 3. The van der Waals surface area contributed by atoms with Crippen molar-refractivity contribution in [3.63, 3.8) is 0 Å². The second kappa shape index (κ2) is 12.3. The minimum absolute atomic E-state index is 0.0699. The molecular formula is C34H35N7O2S. The van der Waals surface area contributed by atoms with Crippen molar-refractivity contribution in [1.29, 1.82) is 0 Å². The number of carbonyl (C=O) groups excluding carboxylic acids is 1. The molecule has 7 rings (SSSR count). The number of nitrogens with one attached hydrogen (secondary N) is 1. The van der Waals surface area contributed by atoms with Gasteiger partial charge >= 0.3 is 5.69 Å². The number of aryl methyl sites for hydroxylation is 1. The molecule has 4 heterocycles. The van der Waals surface area contributed by atoms with Gasteiger partial charge in [-0.1, -0.05) is 71.9 Å². The van der Waals surface area contributed by atoms with Crippen LogP contribution in [0.2, 0.25) is 0 Å². The first-order chi connectivity index (χ1) is 21.5. The van der Waals surface area contributed by atoms with E-state index in [0.29, 0.717) is 31.2 Å². The number of rotatable bonds is 9. The number of aromatic nitrogens is 6. The van der Waals surface area contributed by atoms with Crippen molar-refractivity contribution >= 4 is 50.8 Å². The maximum Gasteiger partial charge on any atom is 0.326 e. The van der Waals surface area contributed by atoms with E-state index in [1.807, 2.05) is 45.9 Å². The average molecular weight is 606 g/mol. The summed E-state index contributed by atoms with van der Waals surface area (Å²) in [5, 5.41) is 10.7. The zero-order chi connectivity index (χ0) is 30.0. The molecule has 0 spiro atoms. The molecule has 3 aromatic carbocycles. The zero-order valence-electron chi connectivity index (χ0n) is 24.8. The first kappa shape index (κ1) is 28.3. The number of amides is 1. The predicted molar refractivity (Wildman–Crippen MR) is 175 cm³/mol. The highest BCUT2D eigenvalue weighted by Crippen LogP contribution is 2.29. The Kier molecular flexibility index (Phi) is 7.91. The molecule has 10 heteroatoms. The van der Waals surface area contributed by atoms with E-state index in [2.05, 4.69) is 63.1 Å². The van der Waals surface area contributed by atoms with Crippen molar-refractivity contribution in [2.24, 2.45) is 0 Å². The second-order valence-electron chi connectivity index (χ2n) is 11.6. The summed E-state index contributed by atoms with van der Waals surface area (Å²) < 4.78 is 4.10. The van der Waals surface area contributed by atoms with E-state index in [0.717, 1.165) is 64.5 Å². The van der Waals surface area contributed by atoms with Gasteiger partial charge in [0.25, 0.3) is 0 Å². The van der Waals surface area contributed by atoms with Crippen LogP contribution in [0.1, 0.15) is 49.3 Å². The van der Waals surface area contributed by atoms with Crippen LogP contribution in [-0.2, 0) is 11.3 Å². The molecule has 0 atom stereocenters. The lowest BCUT2D eigenvalue weighted by molar-refractivity contribution is -0.132. The second-order valence-corrected chi connectivity index (χ2v) is 12.7. The number of benzene rings is 3. The average Bonchev–Trinajstić information content (AvgIpc) is 3.54. The Morgan fingerprint density at radius 1 is 0.955 bits per heavy atom. The Hall–Kier alpha value is -4.44. The number of aromatic amines is 1. The van der Waals surface area contributed by atoms with Crippen molar-refractivity contribution in [3.8, 4) is 0 Å². The largest absolute Gasteiger partial charge is 0.343 e. The molecule has 0 saturated carbocycles. The summed E-state index contributed by atoms with van der Waals surface area (Å²) >= 11 is 1.59. The molecule has 1 fully saturated rings. The van der Waals surface area contributed by atoms with Gasteiger partial charge in [-0.3, -0.25) is 9.36 Å². The number of imidazole rings is 1. The maximum absolute atomic E-state index is 13.0. The van der Waals surface area contributed by atoms with Gasteiger partial charge in [-0.25, -0.2) is 9.78 Å². The lowest BCUT2D eigenvalue weighted by atomic mass is 10.0. The number of unbranched alkanes of at least 4 members (excludes halogenated alkanes) is 1. The first-order valence-electron chi connectivity index (χ1n) is 15.3. The Balaban J connectivity index is 0.935. The summed E-state index contributed by atoms with van der Waals surface area (Å²) in [5.41, 5.74) is 6.95. The fraction of sp³-hybridized carbons (Fsp3) is 0.324. The van der Waals surface area contributed by atoms with Crippen LogP contribution in [0.25, 0.3) is 33.1 Å². The summed E-state index contributed by atoms with van der Waals surface area (Å²) in [7, 11) is 0. The van der Waals surface area contributed by atoms with Crippen LogP contribution in [0.15, 0.2) is 82.7 Å². The van der Waals surface area contributed by atoms with Gasteiger partial charge in [0.2, 0.25) is 11.1 Å². The maximum atomic E-state index is 13.0. The minimum atomic E-state index is -0.0699. The van der Waals surface area contributed by atoms with Crippen molar-refractivity contribution in [1.82, 2.24) is 34.2 Å². The van der Waals surface area contributed by atoms with Crippen LogP contribution < -0.4 is 5.69 Å². The molecule has 0 radical (unpaired) electrons. The molecule has 44 heavy (non-hydrogen) atoms.